The number of benzene rings is 2. The minimum absolute atomic E-state index is 0.00304. The molecule has 3 rings (SSSR count). The second kappa shape index (κ2) is 11.2. The summed E-state index contributed by atoms with van der Waals surface area (Å²) in [5.74, 6) is -4.50. The molecular weight excluding hydrogens is 484 g/mol. The Balaban J connectivity index is 2.13. The van der Waals surface area contributed by atoms with Gasteiger partial charge in [0.1, 0.15) is 5.92 Å². The molecule has 2 aromatic carbocycles. The lowest BCUT2D eigenvalue weighted by Gasteiger charge is -2.45. The van der Waals surface area contributed by atoms with Crippen LogP contribution in [0, 0.1) is 18.8 Å². The van der Waals surface area contributed by atoms with Crippen molar-refractivity contribution in [2.75, 3.05) is 13.2 Å². The largest absolute Gasteiger partial charge is 0.466 e. The molecular formula is C26H32N2O7S. The highest BCUT2D eigenvalue weighted by Crippen LogP contribution is 2.47. The highest BCUT2D eigenvalue weighted by atomic mass is 32.2. The lowest BCUT2D eigenvalue weighted by atomic mass is 9.61. The van der Waals surface area contributed by atoms with Gasteiger partial charge in [-0.2, -0.15) is 13.5 Å². The van der Waals surface area contributed by atoms with E-state index in [0.29, 0.717) is 5.56 Å². The highest BCUT2D eigenvalue weighted by molar-refractivity contribution is 7.89. The van der Waals surface area contributed by atoms with Gasteiger partial charge in [-0.05, 0) is 45.4 Å². The number of carbonyl (C=O) groups excluding carboxylic acids is 2. The number of hydrazone groups is 1. The number of hydrogen-bond acceptors (Lipinski definition) is 8. The Morgan fingerprint density at radius 1 is 1.03 bits per heavy atom. The topological polar surface area (TPSA) is 131 Å². The molecule has 0 saturated heterocycles. The van der Waals surface area contributed by atoms with Gasteiger partial charge in [-0.1, -0.05) is 48.0 Å². The van der Waals surface area contributed by atoms with E-state index < -0.39 is 45.3 Å². The van der Waals surface area contributed by atoms with Crippen LogP contribution < -0.4 is 4.83 Å². The van der Waals surface area contributed by atoms with E-state index in [0.717, 1.165) is 5.56 Å². The first-order valence-corrected chi connectivity index (χ1v) is 13.3. The van der Waals surface area contributed by atoms with Crippen molar-refractivity contribution in [3.8, 4) is 0 Å². The molecule has 1 saturated carbocycles. The van der Waals surface area contributed by atoms with Gasteiger partial charge in [-0.3, -0.25) is 9.59 Å². The molecule has 0 radical (unpaired) electrons. The van der Waals surface area contributed by atoms with Gasteiger partial charge in [-0.25, -0.2) is 4.83 Å². The standard InChI is InChI=1S/C26H32N2O7S/c1-5-34-24(29)22-20(27-28-36(32,33)19-14-12-17(3)13-15-19)16-26(4,31)23(25(30)35-6-2)21(22)18-10-8-7-9-11-18/h7-15,21-23,28,31H,5-6,16H2,1-4H3/b27-20-/t21-,22-,23-,26+/m1/s1. The van der Waals surface area contributed by atoms with Gasteiger partial charge in [0.2, 0.25) is 0 Å². The maximum Gasteiger partial charge on any atom is 0.315 e. The molecule has 1 aliphatic carbocycles. The summed E-state index contributed by atoms with van der Waals surface area (Å²) in [6.07, 6.45) is -0.250. The zero-order chi connectivity index (χ0) is 26.5. The predicted octanol–water partition coefficient (Wildman–Crippen LogP) is 2.93. The number of aliphatic hydroxyl groups is 1. The monoisotopic (exact) mass is 516 g/mol. The molecule has 0 bridgehead atoms. The number of sulfonamides is 1. The fraction of sp³-hybridized carbons (Fsp3) is 0.423. The number of nitrogens with zero attached hydrogens (tertiary/aromatic N) is 1. The maximum atomic E-state index is 13.2. The molecule has 9 nitrogen and oxygen atoms in total. The molecule has 10 heteroatoms. The van der Waals surface area contributed by atoms with Crippen LogP contribution in [0.2, 0.25) is 0 Å². The molecule has 0 aliphatic heterocycles. The summed E-state index contributed by atoms with van der Waals surface area (Å²) in [5.41, 5.74) is -0.156. The van der Waals surface area contributed by atoms with Gasteiger partial charge >= 0.3 is 11.9 Å². The van der Waals surface area contributed by atoms with Crippen molar-refractivity contribution in [3.63, 3.8) is 0 Å². The quantitative estimate of drug-likeness (QED) is 0.407. The second-order valence-corrected chi connectivity index (χ2v) is 10.6. The van der Waals surface area contributed by atoms with E-state index in [2.05, 4.69) is 9.93 Å². The van der Waals surface area contributed by atoms with E-state index in [1.165, 1.54) is 19.1 Å². The van der Waals surface area contributed by atoms with Crippen molar-refractivity contribution in [3.05, 3.63) is 65.7 Å². The third kappa shape index (κ3) is 5.93. The van der Waals surface area contributed by atoms with E-state index in [1.54, 1.807) is 56.3 Å². The average molecular weight is 517 g/mol. The Labute approximate surface area is 211 Å². The fourth-order valence-electron chi connectivity index (χ4n) is 4.58. The van der Waals surface area contributed by atoms with E-state index in [1.807, 2.05) is 6.92 Å². The summed E-state index contributed by atoms with van der Waals surface area (Å²) >= 11 is 0. The Kier molecular flexibility index (Phi) is 8.52. The zero-order valence-corrected chi connectivity index (χ0v) is 21.6. The minimum Gasteiger partial charge on any atom is -0.466 e. The number of ether oxygens (including phenoxy) is 2. The van der Waals surface area contributed by atoms with E-state index in [-0.39, 0.29) is 30.2 Å². The molecule has 0 heterocycles. The van der Waals surface area contributed by atoms with Crippen LogP contribution in [-0.2, 0) is 29.1 Å². The molecule has 4 atom stereocenters. The summed E-state index contributed by atoms with van der Waals surface area (Å²) in [6.45, 7) is 6.75. The normalized spacial score (nSPS) is 25.2. The van der Waals surface area contributed by atoms with Crippen LogP contribution in [0.5, 0.6) is 0 Å². The first kappa shape index (κ1) is 27.3. The minimum atomic E-state index is -4.06. The Morgan fingerprint density at radius 2 is 1.61 bits per heavy atom. The molecule has 0 amide bonds. The number of carbonyl (C=O) groups is 2. The van der Waals surface area contributed by atoms with Crippen LogP contribution in [0.25, 0.3) is 0 Å². The van der Waals surface area contributed by atoms with Crippen molar-refractivity contribution in [2.24, 2.45) is 16.9 Å². The number of aryl methyl sites for hydroxylation is 1. The van der Waals surface area contributed by atoms with Gasteiger partial charge in [-0.15, -0.1) is 0 Å². The summed E-state index contributed by atoms with van der Waals surface area (Å²) in [7, 11) is -4.06. The SMILES string of the molecule is CCOC(=O)[C@@H]1/C(=N\NS(=O)(=O)c2ccc(C)cc2)C[C@](C)(O)[C@@H](C(=O)OCC)[C@@H]1c1ccccc1. The lowest BCUT2D eigenvalue weighted by molar-refractivity contribution is -0.163. The lowest BCUT2D eigenvalue weighted by Crippen LogP contribution is -2.55. The van der Waals surface area contributed by atoms with Crippen molar-refractivity contribution < 1.29 is 32.6 Å². The number of esters is 2. The van der Waals surface area contributed by atoms with Crippen LogP contribution in [0.4, 0.5) is 0 Å². The van der Waals surface area contributed by atoms with Gasteiger partial charge in [0.25, 0.3) is 10.0 Å². The summed E-state index contributed by atoms with van der Waals surface area (Å²) in [5, 5.41) is 15.5. The Hall–Kier alpha value is -3.24. The Morgan fingerprint density at radius 3 is 2.19 bits per heavy atom. The third-order valence-corrected chi connectivity index (χ3v) is 7.42. The van der Waals surface area contributed by atoms with Crippen molar-refractivity contribution in [1.82, 2.24) is 4.83 Å². The summed E-state index contributed by atoms with van der Waals surface area (Å²) < 4.78 is 36.4. The number of nitrogens with one attached hydrogen (secondary N) is 1. The van der Waals surface area contributed by atoms with Gasteiger partial charge in [0, 0.05) is 12.3 Å². The van der Waals surface area contributed by atoms with Gasteiger partial charge in [0.15, 0.2) is 0 Å². The molecule has 194 valence electrons. The first-order chi connectivity index (χ1) is 17.0. The first-order valence-electron chi connectivity index (χ1n) is 11.8. The molecule has 0 unspecified atom stereocenters. The zero-order valence-electron chi connectivity index (χ0n) is 20.8. The van der Waals surface area contributed by atoms with Crippen LogP contribution in [0.3, 0.4) is 0 Å². The predicted molar refractivity (Wildman–Crippen MR) is 134 cm³/mol. The Bertz CT molecular complexity index is 1210. The van der Waals surface area contributed by atoms with Crippen molar-refractivity contribution in [1.29, 1.82) is 0 Å². The van der Waals surface area contributed by atoms with Gasteiger partial charge < -0.3 is 14.6 Å². The number of hydrogen-bond donors (Lipinski definition) is 2. The van der Waals surface area contributed by atoms with Gasteiger partial charge in [0.05, 0.1) is 35.3 Å². The van der Waals surface area contributed by atoms with Crippen LogP contribution in [0.15, 0.2) is 64.6 Å². The second-order valence-electron chi connectivity index (χ2n) is 8.94. The summed E-state index contributed by atoms with van der Waals surface area (Å²) in [6, 6.07) is 15.0. The number of rotatable bonds is 8. The average Bonchev–Trinajstić information content (AvgIpc) is 2.82. The molecule has 1 aliphatic rings. The molecule has 0 spiro atoms. The van der Waals surface area contributed by atoms with Crippen molar-refractivity contribution >= 4 is 27.7 Å². The highest BCUT2D eigenvalue weighted by Gasteiger charge is 2.56. The molecule has 36 heavy (non-hydrogen) atoms. The molecule has 2 N–H and O–H groups in total. The van der Waals surface area contributed by atoms with Crippen LogP contribution in [-0.4, -0.2) is 50.0 Å². The molecule has 1 fully saturated rings. The smallest absolute Gasteiger partial charge is 0.315 e. The summed E-state index contributed by atoms with van der Waals surface area (Å²) in [4.78, 5) is 28.5. The third-order valence-electron chi connectivity index (χ3n) is 6.19. The molecule has 2 aromatic rings. The van der Waals surface area contributed by atoms with Crippen LogP contribution in [0.1, 0.15) is 44.2 Å². The van der Waals surface area contributed by atoms with E-state index in [9.17, 15) is 23.1 Å². The van der Waals surface area contributed by atoms with Crippen molar-refractivity contribution in [2.45, 2.75) is 50.5 Å². The fourth-order valence-corrected chi connectivity index (χ4v) is 5.42. The maximum absolute atomic E-state index is 13.2. The molecule has 0 aromatic heterocycles. The van der Waals surface area contributed by atoms with E-state index in [4.69, 9.17) is 9.47 Å². The van der Waals surface area contributed by atoms with E-state index >= 15 is 0 Å². The van der Waals surface area contributed by atoms with Crippen LogP contribution >= 0.6 is 0 Å².